The van der Waals surface area contributed by atoms with Crippen LogP contribution in [0.5, 0.6) is 0 Å². The molecule has 1 unspecified atom stereocenters. The maximum atomic E-state index is 14.7. The van der Waals surface area contributed by atoms with Gasteiger partial charge in [-0.2, -0.15) is 0 Å². The fourth-order valence-electron chi connectivity index (χ4n) is 3.66. The van der Waals surface area contributed by atoms with Crippen LogP contribution in [0.25, 0.3) is 11.1 Å². The summed E-state index contributed by atoms with van der Waals surface area (Å²) in [4.78, 5) is 14.6. The molecule has 2 aromatic carbocycles. The number of piperidine rings is 1. The SMILES string of the molecule is CNCC1CCCN(C(=O)c2ccc(-c3ccc(C)c(C)c3)cc2F)C1. The van der Waals surface area contributed by atoms with Crippen molar-refractivity contribution in [2.45, 2.75) is 26.7 Å². The molecular weight excluding hydrogens is 327 g/mol. The zero-order valence-electron chi connectivity index (χ0n) is 15.8. The highest BCUT2D eigenvalue weighted by atomic mass is 19.1. The van der Waals surface area contributed by atoms with Gasteiger partial charge >= 0.3 is 0 Å². The van der Waals surface area contributed by atoms with E-state index in [1.54, 1.807) is 11.0 Å². The molecule has 1 N–H and O–H groups in total. The van der Waals surface area contributed by atoms with Crippen LogP contribution >= 0.6 is 0 Å². The molecule has 0 aliphatic carbocycles. The number of benzene rings is 2. The second-order valence-electron chi connectivity index (χ2n) is 7.31. The largest absolute Gasteiger partial charge is 0.338 e. The zero-order chi connectivity index (χ0) is 18.7. The molecule has 1 aliphatic rings. The van der Waals surface area contributed by atoms with E-state index in [-0.39, 0.29) is 11.5 Å². The standard InChI is InChI=1S/C22H27FN2O/c1-15-6-7-18(11-16(15)2)19-8-9-20(21(23)12-19)22(26)25-10-4-5-17(14-25)13-24-3/h6-9,11-12,17,24H,4-5,10,13-14H2,1-3H3. The average Bonchev–Trinajstić information content (AvgIpc) is 2.64. The molecule has 2 aromatic rings. The molecular formula is C22H27FN2O. The molecule has 0 saturated carbocycles. The van der Waals surface area contributed by atoms with Gasteiger partial charge in [-0.25, -0.2) is 4.39 Å². The van der Waals surface area contributed by atoms with E-state index in [0.717, 1.165) is 30.5 Å². The molecule has 0 spiro atoms. The first-order valence-electron chi connectivity index (χ1n) is 9.30. The van der Waals surface area contributed by atoms with Gasteiger partial charge in [0, 0.05) is 13.1 Å². The lowest BCUT2D eigenvalue weighted by Gasteiger charge is -2.32. The lowest BCUT2D eigenvalue weighted by Crippen LogP contribution is -2.42. The van der Waals surface area contributed by atoms with Crippen molar-refractivity contribution in [2.75, 3.05) is 26.7 Å². The topological polar surface area (TPSA) is 32.3 Å². The van der Waals surface area contributed by atoms with Crippen molar-refractivity contribution >= 4 is 5.91 Å². The summed E-state index contributed by atoms with van der Waals surface area (Å²) in [6, 6.07) is 11.0. The Kier molecular flexibility index (Phi) is 5.72. The quantitative estimate of drug-likeness (QED) is 0.893. The van der Waals surface area contributed by atoms with E-state index < -0.39 is 5.82 Å². The molecule has 1 amide bonds. The Morgan fingerprint density at radius 1 is 1.15 bits per heavy atom. The Morgan fingerprint density at radius 2 is 1.88 bits per heavy atom. The number of nitrogens with zero attached hydrogens (tertiary/aromatic N) is 1. The van der Waals surface area contributed by atoms with E-state index >= 15 is 0 Å². The van der Waals surface area contributed by atoms with Crippen LogP contribution in [0.1, 0.15) is 34.3 Å². The van der Waals surface area contributed by atoms with Gasteiger partial charge in [0.2, 0.25) is 0 Å². The van der Waals surface area contributed by atoms with Gasteiger partial charge in [-0.3, -0.25) is 4.79 Å². The maximum Gasteiger partial charge on any atom is 0.256 e. The summed E-state index contributed by atoms with van der Waals surface area (Å²) >= 11 is 0. The lowest BCUT2D eigenvalue weighted by atomic mass is 9.96. The second-order valence-corrected chi connectivity index (χ2v) is 7.31. The molecule has 3 nitrogen and oxygen atoms in total. The van der Waals surface area contributed by atoms with Gasteiger partial charge in [-0.1, -0.05) is 24.3 Å². The first-order chi connectivity index (χ1) is 12.5. The number of halogens is 1. The van der Waals surface area contributed by atoms with Crippen molar-refractivity contribution in [1.29, 1.82) is 0 Å². The molecule has 0 bridgehead atoms. The van der Waals surface area contributed by atoms with E-state index in [0.29, 0.717) is 19.0 Å². The zero-order valence-corrected chi connectivity index (χ0v) is 15.8. The van der Waals surface area contributed by atoms with E-state index in [1.807, 2.05) is 32.2 Å². The number of nitrogens with one attached hydrogen (secondary N) is 1. The predicted octanol–water partition coefficient (Wildman–Crippen LogP) is 4.18. The fourth-order valence-corrected chi connectivity index (χ4v) is 3.66. The number of hydrogen-bond acceptors (Lipinski definition) is 2. The van der Waals surface area contributed by atoms with Gasteiger partial charge in [0.05, 0.1) is 5.56 Å². The summed E-state index contributed by atoms with van der Waals surface area (Å²) in [5.41, 5.74) is 4.32. The van der Waals surface area contributed by atoms with Crippen LogP contribution in [0.2, 0.25) is 0 Å². The first kappa shape index (κ1) is 18.6. The summed E-state index contributed by atoms with van der Waals surface area (Å²) in [5, 5.41) is 3.17. The van der Waals surface area contributed by atoms with Crippen LogP contribution in [0.4, 0.5) is 4.39 Å². The molecule has 1 heterocycles. The Labute approximate surface area is 155 Å². The van der Waals surface area contributed by atoms with Crippen LogP contribution < -0.4 is 5.32 Å². The Hall–Kier alpha value is -2.20. The number of carbonyl (C=O) groups is 1. The van der Waals surface area contributed by atoms with Gasteiger partial charge < -0.3 is 10.2 Å². The molecule has 1 saturated heterocycles. The lowest BCUT2D eigenvalue weighted by molar-refractivity contribution is 0.0669. The van der Waals surface area contributed by atoms with E-state index in [1.165, 1.54) is 17.2 Å². The summed E-state index contributed by atoms with van der Waals surface area (Å²) in [5.74, 6) is -0.202. The van der Waals surface area contributed by atoms with Crippen molar-refractivity contribution in [3.8, 4) is 11.1 Å². The molecule has 0 aromatic heterocycles. The van der Waals surface area contributed by atoms with E-state index in [2.05, 4.69) is 18.3 Å². The highest BCUT2D eigenvalue weighted by Crippen LogP contribution is 2.26. The van der Waals surface area contributed by atoms with Crippen molar-refractivity contribution in [1.82, 2.24) is 10.2 Å². The van der Waals surface area contributed by atoms with Gasteiger partial charge in [-0.15, -0.1) is 0 Å². The third-order valence-corrected chi connectivity index (χ3v) is 5.34. The second kappa shape index (κ2) is 8.00. The Morgan fingerprint density at radius 3 is 2.58 bits per heavy atom. The third kappa shape index (κ3) is 3.96. The van der Waals surface area contributed by atoms with Crippen molar-refractivity contribution in [3.63, 3.8) is 0 Å². The van der Waals surface area contributed by atoms with Crippen LogP contribution in [0, 0.1) is 25.6 Å². The number of rotatable bonds is 4. The first-order valence-corrected chi connectivity index (χ1v) is 9.30. The molecule has 4 heteroatoms. The minimum absolute atomic E-state index is 0.169. The highest BCUT2D eigenvalue weighted by Gasteiger charge is 2.25. The molecule has 3 rings (SSSR count). The monoisotopic (exact) mass is 354 g/mol. The molecule has 1 aliphatic heterocycles. The van der Waals surface area contributed by atoms with Crippen molar-refractivity contribution in [2.24, 2.45) is 5.92 Å². The minimum Gasteiger partial charge on any atom is -0.338 e. The number of hydrogen-bond donors (Lipinski definition) is 1. The molecule has 138 valence electrons. The van der Waals surface area contributed by atoms with E-state index in [9.17, 15) is 9.18 Å². The van der Waals surface area contributed by atoms with Gasteiger partial charge in [-0.05, 0) is 80.6 Å². The summed E-state index contributed by atoms with van der Waals surface area (Å²) < 4.78 is 14.7. The molecule has 1 fully saturated rings. The third-order valence-electron chi connectivity index (χ3n) is 5.34. The predicted molar refractivity (Wildman–Crippen MR) is 104 cm³/mol. The summed E-state index contributed by atoms with van der Waals surface area (Å²) in [7, 11) is 1.92. The van der Waals surface area contributed by atoms with Crippen molar-refractivity contribution < 1.29 is 9.18 Å². The maximum absolute atomic E-state index is 14.7. The molecule has 26 heavy (non-hydrogen) atoms. The molecule has 1 atom stereocenters. The van der Waals surface area contributed by atoms with Crippen LogP contribution in [0.15, 0.2) is 36.4 Å². The molecule has 0 radical (unpaired) electrons. The van der Waals surface area contributed by atoms with Crippen LogP contribution in [0.3, 0.4) is 0 Å². The average molecular weight is 354 g/mol. The van der Waals surface area contributed by atoms with Crippen LogP contribution in [-0.2, 0) is 0 Å². The van der Waals surface area contributed by atoms with Gasteiger partial charge in [0.25, 0.3) is 5.91 Å². The minimum atomic E-state index is -0.443. The summed E-state index contributed by atoms with van der Waals surface area (Å²) in [6.45, 7) is 6.39. The highest BCUT2D eigenvalue weighted by molar-refractivity contribution is 5.95. The number of likely N-dealkylation sites (tertiary alicyclic amines) is 1. The Bertz CT molecular complexity index is 801. The fraction of sp³-hybridized carbons (Fsp3) is 0.409. The van der Waals surface area contributed by atoms with E-state index in [4.69, 9.17) is 0 Å². The van der Waals surface area contributed by atoms with Gasteiger partial charge in [0.15, 0.2) is 0 Å². The van der Waals surface area contributed by atoms with Crippen LogP contribution in [-0.4, -0.2) is 37.5 Å². The number of amides is 1. The number of aryl methyl sites for hydroxylation is 2. The van der Waals surface area contributed by atoms with Crippen molar-refractivity contribution in [3.05, 3.63) is 58.9 Å². The number of carbonyl (C=O) groups excluding carboxylic acids is 1. The smallest absolute Gasteiger partial charge is 0.256 e. The Balaban J connectivity index is 1.80. The van der Waals surface area contributed by atoms with Gasteiger partial charge in [0.1, 0.15) is 5.82 Å². The normalized spacial score (nSPS) is 17.4. The summed E-state index contributed by atoms with van der Waals surface area (Å²) in [6.07, 6.45) is 2.08.